The van der Waals surface area contributed by atoms with Crippen LogP contribution in [0.2, 0.25) is 0 Å². The summed E-state index contributed by atoms with van der Waals surface area (Å²) in [4.78, 5) is 5.32. The van der Waals surface area contributed by atoms with Crippen molar-refractivity contribution < 1.29 is 4.84 Å². The zero-order valence-corrected chi connectivity index (χ0v) is 4.76. The largest absolute Gasteiger partial charge is 0.281 e. The maximum Gasteiger partial charge on any atom is 0.0836 e. The first-order valence-corrected chi connectivity index (χ1v) is 3.13. The van der Waals surface area contributed by atoms with Crippen molar-refractivity contribution in [3.63, 3.8) is 0 Å². The van der Waals surface area contributed by atoms with Gasteiger partial charge in [0.05, 0.1) is 6.10 Å². The molecule has 2 fully saturated rings. The summed E-state index contributed by atoms with van der Waals surface area (Å²) in [6.07, 6.45) is 2.90. The van der Waals surface area contributed by atoms with Gasteiger partial charge in [-0.1, -0.05) is 0 Å². The number of nitrogens with zero attached hydrogens (tertiary/aromatic N) is 1. The highest BCUT2D eigenvalue weighted by Gasteiger charge is 2.26. The lowest BCUT2D eigenvalue weighted by molar-refractivity contribution is -0.204. The maximum atomic E-state index is 5.32. The average Bonchev–Trinajstić information content (AvgIpc) is 2.12. The molecule has 3 nitrogen and oxygen atoms in total. The predicted molar refractivity (Wildman–Crippen MR) is 28.8 cm³/mol. The minimum absolute atomic E-state index is 0.524. The van der Waals surface area contributed by atoms with E-state index in [9.17, 15) is 0 Å². The minimum atomic E-state index is 0.524. The molecule has 2 aliphatic heterocycles. The SMILES string of the molecule is C1CC2CCN(N1)O2. The molecule has 2 rings (SSSR count). The van der Waals surface area contributed by atoms with Gasteiger partial charge in [0.2, 0.25) is 0 Å². The van der Waals surface area contributed by atoms with Crippen LogP contribution in [0.15, 0.2) is 0 Å². The Hall–Kier alpha value is -0.120. The smallest absolute Gasteiger partial charge is 0.0836 e. The van der Waals surface area contributed by atoms with Crippen molar-refractivity contribution in [2.75, 3.05) is 13.1 Å². The number of fused-ring (bicyclic) bond motifs is 2. The molecule has 2 atom stereocenters. The summed E-state index contributed by atoms with van der Waals surface area (Å²) in [7, 11) is 0. The second-order valence-electron chi connectivity index (χ2n) is 2.31. The van der Waals surface area contributed by atoms with Crippen LogP contribution in [0.4, 0.5) is 0 Å². The highest BCUT2D eigenvalue weighted by atomic mass is 16.7. The van der Waals surface area contributed by atoms with Gasteiger partial charge in [-0.15, -0.1) is 5.17 Å². The Morgan fingerprint density at radius 3 is 3.25 bits per heavy atom. The lowest BCUT2D eigenvalue weighted by Gasteiger charge is -2.22. The van der Waals surface area contributed by atoms with Crippen molar-refractivity contribution in [1.29, 1.82) is 0 Å². The van der Waals surface area contributed by atoms with Crippen LogP contribution in [0.5, 0.6) is 0 Å². The topological polar surface area (TPSA) is 24.5 Å². The number of hydrogen-bond donors (Lipinski definition) is 1. The van der Waals surface area contributed by atoms with Gasteiger partial charge < -0.3 is 0 Å². The second-order valence-corrected chi connectivity index (χ2v) is 2.31. The molecule has 1 N–H and O–H groups in total. The standard InChI is InChI=1S/C5H10N2O/c1-3-6-7-4-2-5(1)8-7/h5-6H,1-4H2. The minimum Gasteiger partial charge on any atom is -0.281 e. The maximum absolute atomic E-state index is 5.32. The predicted octanol–water partition coefficient (Wildman–Crippen LogP) is -0.0994. The Morgan fingerprint density at radius 1 is 1.50 bits per heavy atom. The van der Waals surface area contributed by atoms with Crippen LogP contribution in [0.25, 0.3) is 0 Å². The third-order valence-corrected chi connectivity index (χ3v) is 1.68. The number of nitrogens with one attached hydrogen (secondary N) is 1. The van der Waals surface area contributed by atoms with E-state index in [-0.39, 0.29) is 0 Å². The fourth-order valence-electron chi connectivity index (χ4n) is 1.21. The van der Waals surface area contributed by atoms with Gasteiger partial charge in [0.1, 0.15) is 0 Å². The van der Waals surface area contributed by atoms with Crippen molar-refractivity contribution in [3.8, 4) is 0 Å². The third kappa shape index (κ3) is 0.632. The molecule has 0 aromatic heterocycles. The van der Waals surface area contributed by atoms with E-state index >= 15 is 0 Å². The van der Waals surface area contributed by atoms with Crippen molar-refractivity contribution in [2.45, 2.75) is 18.9 Å². The first kappa shape index (κ1) is 4.73. The molecule has 2 heterocycles. The Labute approximate surface area is 48.5 Å². The summed E-state index contributed by atoms with van der Waals surface area (Å²) in [5.74, 6) is 0. The highest BCUT2D eigenvalue weighted by Crippen LogP contribution is 2.17. The van der Waals surface area contributed by atoms with Gasteiger partial charge in [-0.05, 0) is 12.8 Å². The van der Waals surface area contributed by atoms with Gasteiger partial charge in [-0.3, -0.25) is 4.84 Å². The molecule has 8 heavy (non-hydrogen) atoms. The Morgan fingerprint density at radius 2 is 2.50 bits per heavy atom. The van der Waals surface area contributed by atoms with Gasteiger partial charge >= 0.3 is 0 Å². The molecule has 0 saturated carbocycles. The molecule has 0 aromatic rings. The van der Waals surface area contributed by atoms with E-state index in [2.05, 4.69) is 5.43 Å². The summed E-state index contributed by atoms with van der Waals surface area (Å²) < 4.78 is 0. The van der Waals surface area contributed by atoms with Crippen LogP contribution < -0.4 is 5.43 Å². The van der Waals surface area contributed by atoms with Gasteiger partial charge in [0.15, 0.2) is 0 Å². The zero-order valence-electron chi connectivity index (χ0n) is 4.76. The molecule has 0 amide bonds. The average molecular weight is 114 g/mol. The molecule has 3 heteroatoms. The van der Waals surface area contributed by atoms with Gasteiger partial charge in [0.25, 0.3) is 0 Å². The van der Waals surface area contributed by atoms with Crippen molar-refractivity contribution >= 4 is 0 Å². The van der Waals surface area contributed by atoms with E-state index in [1.165, 1.54) is 12.8 Å². The molecule has 0 aromatic carbocycles. The van der Waals surface area contributed by atoms with Crippen LogP contribution in [0.1, 0.15) is 12.8 Å². The Balaban J connectivity index is 2.03. The normalized spacial score (nSPS) is 45.0. The van der Waals surface area contributed by atoms with Gasteiger partial charge in [-0.25, -0.2) is 5.43 Å². The van der Waals surface area contributed by atoms with E-state index < -0.39 is 0 Å². The summed E-state index contributed by atoms with van der Waals surface area (Å²) in [6, 6.07) is 0. The number of hydroxylamine groups is 1. The zero-order chi connectivity index (χ0) is 5.40. The molecule has 0 radical (unpaired) electrons. The third-order valence-electron chi connectivity index (χ3n) is 1.68. The van der Waals surface area contributed by atoms with E-state index in [0.29, 0.717) is 6.10 Å². The van der Waals surface area contributed by atoms with E-state index in [0.717, 1.165) is 13.1 Å². The van der Waals surface area contributed by atoms with Crippen LogP contribution >= 0.6 is 0 Å². The summed E-state index contributed by atoms with van der Waals surface area (Å²) >= 11 is 0. The highest BCUT2D eigenvalue weighted by molar-refractivity contribution is 4.69. The Bertz CT molecular complexity index is 82.4. The molecule has 46 valence electrons. The van der Waals surface area contributed by atoms with Crippen molar-refractivity contribution in [1.82, 2.24) is 10.6 Å². The van der Waals surface area contributed by atoms with Crippen LogP contribution in [-0.2, 0) is 4.84 Å². The molecule has 2 bridgehead atoms. The summed E-state index contributed by atoms with van der Waals surface area (Å²) in [6.45, 7) is 2.15. The lowest BCUT2D eigenvalue weighted by atomic mass is 10.2. The van der Waals surface area contributed by atoms with Crippen molar-refractivity contribution in [3.05, 3.63) is 0 Å². The van der Waals surface area contributed by atoms with E-state index in [4.69, 9.17) is 4.84 Å². The fourth-order valence-corrected chi connectivity index (χ4v) is 1.21. The van der Waals surface area contributed by atoms with Crippen LogP contribution in [0, 0.1) is 0 Å². The molecule has 2 aliphatic rings. The monoisotopic (exact) mass is 114 g/mol. The van der Waals surface area contributed by atoms with E-state index in [1.807, 2.05) is 5.17 Å². The van der Waals surface area contributed by atoms with Crippen LogP contribution in [-0.4, -0.2) is 24.4 Å². The first-order chi connectivity index (χ1) is 3.95. The van der Waals surface area contributed by atoms with Gasteiger partial charge in [0, 0.05) is 13.1 Å². The fraction of sp³-hybridized carbons (Fsp3) is 1.00. The second kappa shape index (κ2) is 1.69. The summed E-state index contributed by atoms with van der Waals surface area (Å²) in [5.41, 5.74) is 3.12. The van der Waals surface area contributed by atoms with E-state index in [1.54, 1.807) is 0 Å². The lowest BCUT2D eigenvalue weighted by Crippen LogP contribution is -2.40. The number of rotatable bonds is 0. The quantitative estimate of drug-likeness (QED) is 0.476. The molecular formula is C5H10N2O. The summed E-state index contributed by atoms with van der Waals surface area (Å²) in [5, 5.41) is 1.84. The molecule has 0 spiro atoms. The van der Waals surface area contributed by atoms with Crippen molar-refractivity contribution in [2.24, 2.45) is 0 Å². The molecule has 0 aliphatic carbocycles. The Kier molecular flexibility index (Phi) is 0.997. The van der Waals surface area contributed by atoms with Gasteiger partial charge in [-0.2, -0.15) is 0 Å². The first-order valence-electron chi connectivity index (χ1n) is 3.13. The number of hydrogen-bond acceptors (Lipinski definition) is 3. The molecule has 2 saturated heterocycles. The molecular weight excluding hydrogens is 104 g/mol. The van der Waals surface area contributed by atoms with Crippen LogP contribution in [0.3, 0.4) is 0 Å². The number of hydrazine groups is 1. The molecule has 2 unspecified atom stereocenters.